The molecule has 0 aliphatic carbocycles. The highest BCUT2D eigenvalue weighted by atomic mass is 16.1. The first-order valence-electron chi connectivity index (χ1n) is 6.00. The molecule has 2 heterocycles. The van der Waals surface area contributed by atoms with E-state index in [1.807, 2.05) is 12.1 Å². The lowest BCUT2D eigenvalue weighted by Gasteiger charge is -2.18. The van der Waals surface area contributed by atoms with E-state index in [2.05, 4.69) is 26.9 Å². The summed E-state index contributed by atoms with van der Waals surface area (Å²) in [6.45, 7) is 0.991. The van der Waals surface area contributed by atoms with Crippen LogP contribution in [0.25, 0.3) is 0 Å². The van der Waals surface area contributed by atoms with Crippen LogP contribution < -0.4 is 10.6 Å². The molecule has 0 radical (unpaired) electrons. The van der Waals surface area contributed by atoms with Crippen LogP contribution in [-0.2, 0) is 6.42 Å². The van der Waals surface area contributed by atoms with Gasteiger partial charge in [-0.2, -0.15) is 5.10 Å². The molecule has 5 heteroatoms. The van der Waals surface area contributed by atoms with Gasteiger partial charge >= 0.3 is 0 Å². The third-order valence-electron chi connectivity index (χ3n) is 3.05. The van der Waals surface area contributed by atoms with Gasteiger partial charge in [-0.1, -0.05) is 6.07 Å². The molecule has 1 aromatic carbocycles. The normalized spacial score (nSPS) is 13.6. The standard InChI is InChI=1S/C13H14N4O/c18-13(11-5-7-15-17-11)16-10-4-3-9-2-1-6-14-12(9)8-10/h3-5,7-8,14H,1-2,6H2,(H,15,17)(H,16,18). The lowest BCUT2D eigenvalue weighted by atomic mass is 10.0. The average Bonchev–Trinajstić information content (AvgIpc) is 2.92. The Morgan fingerprint density at radius 1 is 1.33 bits per heavy atom. The molecule has 3 N–H and O–H groups in total. The molecule has 1 amide bonds. The number of aryl methyl sites for hydroxylation is 1. The number of aromatic amines is 1. The number of fused-ring (bicyclic) bond motifs is 1. The number of rotatable bonds is 2. The van der Waals surface area contributed by atoms with Crippen LogP contribution in [0.3, 0.4) is 0 Å². The lowest BCUT2D eigenvalue weighted by molar-refractivity contribution is 0.102. The maximum atomic E-state index is 11.8. The second-order valence-corrected chi connectivity index (χ2v) is 4.33. The van der Waals surface area contributed by atoms with E-state index >= 15 is 0 Å². The fraction of sp³-hybridized carbons (Fsp3) is 0.231. The van der Waals surface area contributed by atoms with Crippen LogP contribution in [0.5, 0.6) is 0 Å². The van der Waals surface area contributed by atoms with Crippen LogP contribution >= 0.6 is 0 Å². The van der Waals surface area contributed by atoms with Crippen molar-refractivity contribution in [2.24, 2.45) is 0 Å². The molecule has 5 nitrogen and oxygen atoms in total. The van der Waals surface area contributed by atoms with Crippen molar-refractivity contribution in [2.45, 2.75) is 12.8 Å². The Kier molecular flexibility index (Phi) is 2.72. The third-order valence-corrected chi connectivity index (χ3v) is 3.05. The summed E-state index contributed by atoms with van der Waals surface area (Å²) in [4.78, 5) is 11.8. The molecule has 0 fully saturated rings. The number of nitrogens with one attached hydrogen (secondary N) is 3. The van der Waals surface area contributed by atoms with Crippen molar-refractivity contribution < 1.29 is 4.79 Å². The molecule has 0 saturated carbocycles. The summed E-state index contributed by atoms with van der Waals surface area (Å²) in [5.74, 6) is -0.178. The molecule has 1 aliphatic rings. The van der Waals surface area contributed by atoms with Crippen molar-refractivity contribution in [3.63, 3.8) is 0 Å². The number of anilines is 2. The second kappa shape index (κ2) is 4.52. The van der Waals surface area contributed by atoms with Crippen molar-refractivity contribution in [1.29, 1.82) is 0 Å². The number of benzene rings is 1. The topological polar surface area (TPSA) is 69.8 Å². The fourth-order valence-corrected chi connectivity index (χ4v) is 2.12. The Morgan fingerprint density at radius 2 is 2.28 bits per heavy atom. The van der Waals surface area contributed by atoms with Gasteiger partial charge in [-0.15, -0.1) is 0 Å². The Labute approximate surface area is 105 Å². The molecule has 2 aromatic rings. The Balaban J connectivity index is 1.79. The van der Waals surface area contributed by atoms with E-state index in [1.54, 1.807) is 12.3 Å². The Morgan fingerprint density at radius 3 is 3.11 bits per heavy atom. The Hall–Kier alpha value is -2.30. The van der Waals surface area contributed by atoms with Gasteiger partial charge in [0.1, 0.15) is 5.69 Å². The number of aromatic nitrogens is 2. The Bertz CT molecular complexity index is 562. The number of H-pyrrole nitrogens is 1. The van der Waals surface area contributed by atoms with Gasteiger partial charge in [0.25, 0.3) is 5.91 Å². The second-order valence-electron chi connectivity index (χ2n) is 4.33. The van der Waals surface area contributed by atoms with E-state index in [-0.39, 0.29) is 5.91 Å². The zero-order valence-electron chi connectivity index (χ0n) is 9.86. The molecule has 0 atom stereocenters. The van der Waals surface area contributed by atoms with Crippen LogP contribution in [0.2, 0.25) is 0 Å². The molecule has 18 heavy (non-hydrogen) atoms. The van der Waals surface area contributed by atoms with Gasteiger partial charge in [0, 0.05) is 24.1 Å². The zero-order valence-corrected chi connectivity index (χ0v) is 9.86. The van der Waals surface area contributed by atoms with E-state index < -0.39 is 0 Å². The van der Waals surface area contributed by atoms with Gasteiger partial charge in [0.15, 0.2) is 0 Å². The molecule has 3 rings (SSSR count). The summed E-state index contributed by atoms with van der Waals surface area (Å²) in [5.41, 5.74) is 3.67. The minimum Gasteiger partial charge on any atom is -0.385 e. The number of hydrogen-bond donors (Lipinski definition) is 3. The van der Waals surface area contributed by atoms with Gasteiger partial charge in [0.2, 0.25) is 0 Å². The molecule has 0 unspecified atom stereocenters. The van der Waals surface area contributed by atoms with Crippen molar-refractivity contribution in [3.8, 4) is 0 Å². The zero-order chi connectivity index (χ0) is 12.4. The van der Waals surface area contributed by atoms with Crippen LogP contribution in [0.1, 0.15) is 22.5 Å². The van der Waals surface area contributed by atoms with Crippen LogP contribution in [0.15, 0.2) is 30.5 Å². The highest BCUT2D eigenvalue weighted by Crippen LogP contribution is 2.25. The smallest absolute Gasteiger partial charge is 0.273 e. The largest absolute Gasteiger partial charge is 0.385 e. The molecule has 0 bridgehead atoms. The molecular formula is C13H14N4O. The maximum absolute atomic E-state index is 11.8. The summed E-state index contributed by atoms with van der Waals surface area (Å²) in [7, 11) is 0. The predicted molar refractivity (Wildman–Crippen MR) is 69.8 cm³/mol. The molecule has 1 aliphatic heterocycles. The molecule has 1 aromatic heterocycles. The van der Waals surface area contributed by atoms with Crippen LogP contribution in [-0.4, -0.2) is 22.6 Å². The van der Waals surface area contributed by atoms with Crippen molar-refractivity contribution in [2.75, 3.05) is 17.2 Å². The van der Waals surface area contributed by atoms with E-state index in [1.165, 1.54) is 5.56 Å². The molecule has 0 spiro atoms. The van der Waals surface area contributed by atoms with E-state index in [4.69, 9.17) is 0 Å². The van der Waals surface area contributed by atoms with Gasteiger partial charge in [-0.25, -0.2) is 0 Å². The summed E-state index contributed by atoms with van der Waals surface area (Å²) in [6.07, 6.45) is 3.81. The number of amides is 1. The van der Waals surface area contributed by atoms with Crippen LogP contribution in [0, 0.1) is 0 Å². The van der Waals surface area contributed by atoms with Gasteiger partial charge in [0.05, 0.1) is 0 Å². The fourth-order valence-electron chi connectivity index (χ4n) is 2.12. The van der Waals surface area contributed by atoms with E-state index in [0.29, 0.717) is 5.69 Å². The van der Waals surface area contributed by atoms with Gasteiger partial charge in [-0.05, 0) is 36.6 Å². The first kappa shape index (κ1) is 10.8. The van der Waals surface area contributed by atoms with Crippen molar-refractivity contribution in [3.05, 3.63) is 41.7 Å². The number of hydrogen-bond acceptors (Lipinski definition) is 3. The molecule has 92 valence electrons. The quantitative estimate of drug-likeness (QED) is 0.754. The third kappa shape index (κ3) is 2.07. The maximum Gasteiger partial charge on any atom is 0.273 e. The highest BCUT2D eigenvalue weighted by Gasteiger charge is 2.11. The lowest BCUT2D eigenvalue weighted by Crippen LogP contribution is -2.15. The van der Waals surface area contributed by atoms with E-state index in [9.17, 15) is 4.79 Å². The first-order valence-corrected chi connectivity index (χ1v) is 6.00. The average molecular weight is 242 g/mol. The SMILES string of the molecule is O=C(Nc1ccc2c(c1)NCCC2)c1ccn[nH]1. The highest BCUT2D eigenvalue weighted by molar-refractivity contribution is 6.03. The monoisotopic (exact) mass is 242 g/mol. The van der Waals surface area contributed by atoms with Crippen molar-refractivity contribution in [1.82, 2.24) is 10.2 Å². The van der Waals surface area contributed by atoms with Crippen molar-refractivity contribution >= 4 is 17.3 Å². The minimum atomic E-state index is -0.178. The summed E-state index contributed by atoms with van der Waals surface area (Å²) in [6, 6.07) is 7.61. The minimum absolute atomic E-state index is 0.178. The summed E-state index contributed by atoms with van der Waals surface area (Å²) < 4.78 is 0. The van der Waals surface area contributed by atoms with Crippen LogP contribution in [0.4, 0.5) is 11.4 Å². The predicted octanol–water partition coefficient (Wildman–Crippen LogP) is 2.02. The first-order chi connectivity index (χ1) is 8.83. The molecule has 0 saturated heterocycles. The summed E-state index contributed by atoms with van der Waals surface area (Å²) in [5, 5.41) is 12.6. The summed E-state index contributed by atoms with van der Waals surface area (Å²) >= 11 is 0. The molecular weight excluding hydrogens is 228 g/mol. The number of carbonyl (C=O) groups is 1. The number of carbonyl (C=O) groups excluding carboxylic acids is 1. The van der Waals surface area contributed by atoms with Gasteiger partial charge < -0.3 is 10.6 Å². The number of nitrogens with zero attached hydrogens (tertiary/aromatic N) is 1. The van der Waals surface area contributed by atoms with E-state index in [0.717, 1.165) is 30.8 Å². The van der Waals surface area contributed by atoms with Gasteiger partial charge in [-0.3, -0.25) is 9.89 Å².